The van der Waals surface area contributed by atoms with Gasteiger partial charge < -0.3 is 10.2 Å². The van der Waals surface area contributed by atoms with E-state index in [2.05, 4.69) is 30.5 Å². The molecule has 2 aromatic rings. The van der Waals surface area contributed by atoms with Crippen molar-refractivity contribution in [3.8, 4) is 0 Å². The lowest BCUT2D eigenvalue weighted by molar-refractivity contribution is -0.151. The molecule has 2 heterocycles. The monoisotopic (exact) mass is 408 g/mol. The highest BCUT2D eigenvalue weighted by Gasteiger charge is 2.31. The maximum atomic E-state index is 12.6. The van der Waals surface area contributed by atoms with Crippen LogP contribution in [0, 0.1) is 6.92 Å². The number of rotatable bonds is 3. The van der Waals surface area contributed by atoms with Crippen LogP contribution in [0.2, 0.25) is 0 Å². The van der Waals surface area contributed by atoms with Crippen molar-refractivity contribution < 1.29 is 18.0 Å². The molecule has 2 N–H and O–H groups in total. The van der Waals surface area contributed by atoms with E-state index < -0.39 is 18.5 Å². The van der Waals surface area contributed by atoms with Gasteiger partial charge in [-0.25, -0.2) is 9.97 Å². The Morgan fingerprint density at radius 3 is 2.62 bits per heavy atom. The summed E-state index contributed by atoms with van der Waals surface area (Å²) in [7, 11) is 2.00. The van der Waals surface area contributed by atoms with Crippen LogP contribution in [-0.2, 0) is 4.79 Å². The molecule has 1 fully saturated rings. The van der Waals surface area contributed by atoms with Gasteiger partial charge in [-0.05, 0) is 46.0 Å². The fourth-order valence-corrected chi connectivity index (χ4v) is 3.18. The first-order valence-electron chi connectivity index (χ1n) is 9.33. The van der Waals surface area contributed by atoms with Crippen molar-refractivity contribution in [2.45, 2.75) is 38.4 Å². The van der Waals surface area contributed by atoms with Crippen LogP contribution in [-0.4, -0.2) is 59.1 Å². The maximum Gasteiger partial charge on any atom is 0.397 e. The van der Waals surface area contributed by atoms with Crippen LogP contribution in [0.15, 0.2) is 29.3 Å². The minimum absolute atomic E-state index is 0.0160. The first-order chi connectivity index (χ1) is 13.7. The molecule has 0 saturated carbocycles. The molecule has 0 aliphatic carbocycles. The van der Waals surface area contributed by atoms with Gasteiger partial charge in [0.05, 0.1) is 11.2 Å². The summed E-state index contributed by atoms with van der Waals surface area (Å²) < 4.78 is 37.7. The molecule has 0 atom stereocenters. The Labute approximate surface area is 166 Å². The van der Waals surface area contributed by atoms with Gasteiger partial charge in [0.2, 0.25) is 11.9 Å². The van der Waals surface area contributed by atoms with Gasteiger partial charge in [0, 0.05) is 11.4 Å². The fraction of sp³-hybridized carbons (Fsp3) is 0.474. The number of hydrogen-bond donors (Lipinski definition) is 2. The van der Waals surface area contributed by atoms with Gasteiger partial charge in [-0.1, -0.05) is 18.2 Å². The Morgan fingerprint density at radius 1 is 1.24 bits per heavy atom. The van der Waals surface area contributed by atoms with Crippen molar-refractivity contribution in [1.29, 1.82) is 0 Å². The molecule has 0 spiro atoms. The van der Waals surface area contributed by atoms with Crippen LogP contribution in [0.5, 0.6) is 0 Å². The van der Waals surface area contributed by atoms with Crippen LogP contribution >= 0.6 is 0 Å². The van der Waals surface area contributed by atoms with Crippen molar-refractivity contribution in [2.24, 2.45) is 4.99 Å². The molecule has 156 valence electrons. The number of likely N-dealkylation sites (tertiary alicyclic amines) is 1. The Balaban J connectivity index is 1.83. The highest BCUT2D eigenvalue weighted by Crippen LogP contribution is 2.20. The first-order valence-corrected chi connectivity index (χ1v) is 9.33. The zero-order valence-electron chi connectivity index (χ0n) is 16.3. The molecule has 1 aromatic heterocycles. The second kappa shape index (κ2) is 8.73. The predicted octanol–water partition coefficient (Wildman–Crippen LogP) is 2.87. The number of amides is 1. The molecular weight excluding hydrogens is 385 g/mol. The smallest absolute Gasteiger partial charge is 0.353 e. The van der Waals surface area contributed by atoms with E-state index in [4.69, 9.17) is 0 Å². The van der Waals surface area contributed by atoms with Crippen molar-refractivity contribution in [2.75, 3.05) is 25.5 Å². The minimum atomic E-state index is -4.62. The van der Waals surface area contributed by atoms with Crippen molar-refractivity contribution >= 4 is 28.7 Å². The van der Waals surface area contributed by atoms with Crippen LogP contribution in [0.25, 0.3) is 10.9 Å². The zero-order valence-corrected chi connectivity index (χ0v) is 16.3. The topological polar surface area (TPSA) is 82.5 Å². The molecule has 7 nitrogen and oxygen atoms in total. The molecule has 0 bridgehead atoms. The molecule has 10 heteroatoms. The number of nitrogens with one attached hydrogen (secondary N) is 2. The van der Waals surface area contributed by atoms with Crippen molar-refractivity contribution in [1.82, 2.24) is 20.2 Å². The zero-order chi connectivity index (χ0) is 21.0. The summed E-state index contributed by atoms with van der Waals surface area (Å²) in [4.78, 5) is 26.3. The number of guanidine groups is 1. The number of aryl methyl sites for hydroxylation is 1. The van der Waals surface area contributed by atoms with Crippen LogP contribution in [0.1, 0.15) is 25.0 Å². The Hall–Kier alpha value is -2.75. The molecule has 1 amide bonds. The van der Waals surface area contributed by atoms with Gasteiger partial charge in [-0.15, -0.1) is 0 Å². The van der Waals surface area contributed by atoms with Crippen molar-refractivity contribution in [3.05, 3.63) is 30.0 Å². The lowest BCUT2D eigenvalue weighted by Crippen LogP contribution is -2.46. The Morgan fingerprint density at radius 2 is 1.93 bits per heavy atom. The van der Waals surface area contributed by atoms with E-state index in [1.165, 1.54) is 0 Å². The second-order valence-corrected chi connectivity index (χ2v) is 7.14. The number of carbonyl (C=O) groups excluding carboxylic acids is 1. The quantitative estimate of drug-likeness (QED) is 0.600. The summed E-state index contributed by atoms with van der Waals surface area (Å²) in [5.41, 5.74) is 1.39. The summed E-state index contributed by atoms with van der Waals surface area (Å²) in [5.74, 6) is -1.18. The largest absolute Gasteiger partial charge is 0.397 e. The van der Waals surface area contributed by atoms with Crippen molar-refractivity contribution in [3.63, 3.8) is 0 Å². The number of piperidine rings is 1. The van der Waals surface area contributed by atoms with E-state index in [-0.39, 0.29) is 17.9 Å². The van der Waals surface area contributed by atoms with Crippen LogP contribution in [0.4, 0.5) is 19.1 Å². The number of carbonyl (C=O) groups is 1. The molecule has 1 aliphatic rings. The Kier molecular flexibility index (Phi) is 6.31. The second-order valence-electron chi connectivity index (χ2n) is 7.14. The van der Waals surface area contributed by atoms with Gasteiger partial charge in [0.25, 0.3) is 5.91 Å². The summed E-state index contributed by atoms with van der Waals surface area (Å²) in [6.45, 7) is 3.49. The first kappa shape index (κ1) is 21.0. The number of alkyl halides is 3. The number of nitrogens with zero attached hydrogens (tertiary/aromatic N) is 4. The number of hydrogen-bond acceptors (Lipinski definition) is 4. The molecule has 3 rings (SSSR count). The summed E-state index contributed by atoms with van der Waals surface area (Å²) in [6, 6.07) is 7.38. The molecule has 1 saturated heterocycles. The predicted molar refractivity (Wildman–Crippen MR) is 105 cm³/mol. The Bertz CT molecular complexity index is 906. The summed E-state index contributed by atoms with van der Waals surface area (Å²) in [6.07, 6.45) is -4.68. The number of halogens is 3. The maximum absolute atomic E-state index is 12.6. The van der Waals surface area contributed by atoms with Gasteiger partial charge in [-0.2, -0.15) is 18.2 Å². The molecule has 1 aliphatic heterocycles. The van der Waals surface area contributed by atoms with Gasteiger partial charge in [-0.3, -0.25) is 10.1 Å². The van der Waals surface area contributed by atoms with Gasteiger partial charge in [0.15, 0.2) is 0 Å². The van der Waals surface area contributed by atoms with Gasteiger partial charge in [0.1, 0.15) is 6.42 Å². The van der Waals surface area contributed by atoms with Gasteiger partial charge >= 0.3 is 6.18 Å². The summed E-state index contributed by atoms with van der Waals surface area (Å²) >= 11 is 0. The molecular formula is C19H23F3N6O. The number of anilines is 1. The van der Waals surface area contributed by atoms with E-state index in [0.717, 1.165) is 31.3 Å². The molecule has 0 radical (unpaired) electrons. The number of aliphatic imine (C=N–C) groups is 1. The molecule has 1 aromatic carbocycles. The van der Waals surface area contributed by atoms with E-state index >= 15 is 0 Å². The third-order valence-electron chi connectivity index (χ3n) is 4.67. The lowest BCUT2D eigenvalue weighted by Gasteiger charge is -2.30. The number of para-hydroxylation sites is 1. The minimum Gasteiger partial charge on any atom is -0.353 e. The SMILES string of the molecule is Cc1nc(N/C(=N/C(=O)CC(F)(F)F)NC2CCN(C)CC2)nc2ccccc12. The average molecular weight is 408 g/mol. The summed E-state index contributed by atoms with van der Waals surface area (Å²) in [5, 5.41) is 6.72. The molecule has 0 unspecified atom stereocenters. The highest BCUT2D eigenvalue weighted by atomic mass is 19.4. The fourth-order valence-electron chi connectivity index (χ4n) is 3.18. The lowest BCUT2D eigenvalue weighted by atomic mass is 10.1. The standard InChI is InChI=1S/C19H23F3N6O/c1-12-14-5-3-4-6-15(14)25-17(23-12)27-18(26-16(29)11-19(20,21)22)24-13-7-9-28(2)10-8-13/h3-6,13H,7-11H2,1-2H3,(H2,23,24,25,26,27,29). The third-order valence-corrected chi connectivity index (χ3v) is 4.67. The van der Waals surface area contributed by atoms with E-state index in [9.17, 15) is 18.0 Å². The third kappa shape index (κ3) is 6.11. The number of benzene rings is 1. The van der Waals surface area contributed by atoms with Crippen LogP contribution in [0.3, 0.4) is 0 Å². The van der Waals surface area contributed by atoms with E-state index in [1.54, 1.807) is 0 Å². The number of aromatic nitrogens is 2. The normalized spacial score (nSPS) is 16.8. The average Bonchev–Trinajstić information content (AvgIpc) is 2.62. The van der Waals surface area contributed by atoms with E-state index in [1.807, 2.05) is 38.2 Å². The number of fused-ring (bicyclic) bond motifs is 1. The van der Waals surface area contributed by atoms with E-state index in [0.29, 0.717) is 11.2 Å². The highest BCUT2D eigenvalue weighted by molar-refractivity contribution is 6.00. The molecule has 29 heavy (non-hydrogen) atoms. The van der Waals surface area contributed by atoms with Crippen LogP contribution < -0.4 is 10.6 Å².